The van der Waals surface area contributed by atoms with Crippen molar-refractivity contribution >= 4 is 5.91 Å². The molecule has 1 amide bonds. The number of quaternary nitrogens is 1. The highest BCUT2D eigenvalue weighted by Gasteiger charge is 2.23. The average Bonchev–Trinajstić information content (AvgIpc) is 2.42. The van der Waals surface area contributed by atoms with Gasteiger partial charge in [-0.05, 0) is 52.4 Å². The monoisotopic (exact) mass is 313 g/mol. The molecule has 0 aliphatic rings. The topological polar surface area (TPSA) is 29.1 Å². The van der Waals surface area contributed by atoms with Crippen molar-refractivity contribution < 1.29 is 9.28 Å². The highest BCUT2D eigenvalue weighted by Crippen LogP contribution is 2.24. The van der Waals surface area contributed by atoms with Gasteiger partial charge in [-0.1, -0.05) is 27.7 Å². The summed E-state index contributed by atoms with van der Waals surface area (Å²) < 4.78 is 1.20. The van der Waals surface area contributed by atoms with Crippen LogP contribution >= 0.6 is 0 Å². The van der Waals surface area contributed by atoms with E-state index in [0.717, 1.165) is 12.8 Å². The van der Waals surface area contributed by atoms with E-state index < -0.39 is 0 Å². The second-order valence-corrected chi connectivity index (χ2v) is 8.23. The molecule has 0 aromatic carbocycles. The third kappa shape index (κ3) is 8.17. The number of nitrogens with zero attached hydrogens (tertiary/aromatic N) is 1. The molecule has 0 aromatic rings. The minimum Gasteiger partial charge on any atom is -0.353 e. The number of carbonyl (C=O) groups is 1. The maximum atomic E-state index is 12.2. The van der Waals surface area contributed by atoms with Crippen LogP contribution in [0.3, 0.4) is 0 Å². The van der Waals surface area contributed by atoms with Gasteiger partial charge in [0.25, 0.3) is 0 Å². The summed E-state index contributed by atoms with van der Waals surface area (Å²) in [5.74, 6) is 0.309. The lowest BCUT2D eigenvalue weighted by atomic mass is 9.85. The highest BCUT2D eigenvalue weighted by molar-refractivity contribution is 5.78. The lowest BCUT2D eigenvalue weighted by Gasteiger charge is -2.36. The van der Waals surface area contributed by atoms with Crippen molar-refractivity contribution in [3.8, 4) is 0 Å². The van der Waals surface area contributed by atoms with Gasteiger partial charge >= 0.3 is 0 Å². The van der Waals surface area contributed by atoms with Crippen molar-refractivity contribution in [1.82, 2.24) is 5.32 Å². The standard InChI is InChI=1S/C19H40N2O/c1-9-21(10-2,11-3)14-12-13-17(5)20-18(22)16(4)15-19(6,7)8/h16-17H,9-15H2,1-8H3/p+1. The molecule has 132 valence electrons. The number of nitrogens with one attached hydrogen (secondary N) is 1. The van der Waals surface area contributed by atoms with Crippen LogP contribution in [0.2, 0.25) is 0 Å². The van der Waals surface area contributed by atoms with Crippen molar-refractivity contribution in [2.75, 3.05) is 26.2 Å². The normalized spacial score (nSPS) is 15.5. The van der Waals surface area contributed by atoms with Crippen molar-refractivity contribution in [3.05, 3.63) is 0 Å². The fraction of sp³-hybridized carbons (Fsp3) is 0.947. The molecule has 2 atom stereocenters. The number of hydrogen-bond donors (Lipinski definition) is 1. The number of hydrogen-bond acceptors (Lipinski definition) is 1. The molecule has 2 unspecified atom stereocenters. The summed E-state index contributed by atoms with van der Waals surface area (Å²) in [7, 11) is 0. The van der Waals surface area contributed by atoms with Crippen LogP contribution in [0.4, 0.5) is 0 Å². The maximum Gasteiger partial charge on any atom is 0.223 e. The Hall–Kier alpha value is -0.570. The van der Waals surface area contributed by atoms with Crippen LogP contribution in [-0.2, 0) is 4.79 Å². The second-order valence-electron chi connectivity index (χ2n) is 8.23. The first-order valence-corrected chi connectivity index (χ1v) is 9.24. The Morgan fingerprint density at radius 1 is 1.05 bits per heavy atom. The van der Waals surface area contributed by atoms with Crippen molar-refractivity contribution in [2.24, 2.45) is 11.3 Å². The van der Waals surface area contributed by atoms with Crippen LogP contribution in [0, 0.1) is 11.3 Å². The van der Waals surface area contributed by atoms with Gasteiger partial charge in [-0.2, -0.15) is 0 Å². The lowest BCUT2D eigenvalue weighted by Crippen LogP contribution is -2.48. The van der Waals surface area contributed by atoms with Crippen molar-refractivity contribution in [3.63, 3.8) is 0 Å². The average molecular weight is 314 g/mol. The molecule has 0 fully saturated rings. The van der Waals surface area contributed by atoms with Crippen molar-refractivity contribution in [2.45, 2.75) is 80.7 Å². The number of carbonyl (C=O) groups excluding carboxylic acids is 1. The summed E-state index contributed by atoms with van der Waals surface area (Å²) in [6.45, 7) is 22.4. The molecular weight excluding hydrogens is 272 g/mol. The summed E-state index contributed by atoms with van der Waals surface area (Å²) in [5.41, 5.74) is 0.209. The van der Waals surface area contributed by atoms with E-state index in [1.807, 2.05) is 6.92 Å². The van der Waals surface area contributed by atoms with Crippen LogP contribution < -0.4 is 5.32 Å². The minimum atomic E-state index is 0.0965. The van der Waals surface area contributed by atoms with E-state index in [0.29, 0.717) is 0 Å². The van der Waals surface area contributed by atoms with Crippen LogP contribution in [0.5, 0.6) is 0 Å². The van der Waals surface area contributed by atoms with E-state index in [-0.39, 0.29) is 23.3 Å². The van der Waals surface area contributed by atoms with Crippen LogP contribution in [-0.4, -0.2) is 42.6 Å². The Bertz CT molecular complexity index is 308. The molecule has 22 heavy (non-hydrogen) atoms. The zero-order chi connectivity index (χ0) is 17.4. The summed E-state index contributed by atoms with van der Waals surface area (Å²) >= 11 is 0. The Kier molecular flexibility index (Phi) is 9.30. The molecule has 0 heterocycles. The SMILES string of the molecule is CC[N+](CC)(CC)CCCC(C)NC(=O)C(C)CC(C)(C)C. The predicted molar refractivity (Wildman–Crippen MR) is 96.8 cm³/mol. The molecule has 0 bridgehead atoms. The first-order chi connectivity index (χ1) is 10.1. The third-order valence-corrected chi connectivity index (χ3v) is 5.04. The van der Waals surface area contributed by atoms with Crippen LogP contribution in [0.1, 0.15) is 74.7 Å². The summed E-state index contributed by atoms with van der Waals surface area (Å²) in [6.07, 6.45) is 3.20. The van der Waals surface area contributed by atoms with E-state index in [2.05, 4.69) is 53.8 Å². The summed E-state index contributed by atoms with van der Waals surface area (Å²) in [6, 6.07) is 0.280. The molecule has 0 spiro atoms. The molecule has 1 N–H and O–H groups in total. The molecule has 0 aromatic heterocycles. The Morgan fingerprint density at radius 3 is 1.95 bits per heavy atom. The van der Waals surface area contributed by atoms with Crippen LogP contribution in [0.15, 0.2) is 0 Å². The van der Waals surface area contributed by atoms with Gasteiger partial charge in [0.05, 0.1) is 26.2 Å². The molecule has 0 saturated carbocycles. The zero-order valence-corrected chi connectivity index (χ0v) is 16.5. The van der Waals surface area contributed by atoms with Gasteiger partial charge in [-0.15, -0.1) is 0 Å². The summed E-state index contributed by atoms with van der Waals surface area (Å²) in [4.78, 5) is 12.2. The lowest BCUT2D eigenvalue weighted by molar-refractivity contribution is -0.923. The third-order valence-electron chi connectivity index (χ3n) is 5.04. The van der Waals surface area contributed by atoms with E-state index >= 15 is 0 Å². The fourth-order valence-electron chi connectivity index (χ4n) is 3.35. The largest absolute Gasteiger partial charge is 0.353 e. The predicted octanol–water partition coefficient (Wildman–Crippen LogP) is 4.22. The fourth-order valence-corrected chi connectivity index (χ4v) is 3.35. The number of rotatable bonds is 10. The van der Waals surface area contributed by atoms with E-state index in [9.17, 15) is 4.79 Å². The van der Waals surface area contributed by atoms with Gasteiger partial charge in [0.2, 0.25) is 5.91 Å². The highest BCUT2D eigenvalue weighted by atomic mass is 16.1. The van der Waals surface area contributed by atoms with E-state index in [4.69, 9.17) is 0 Å². The molecule has 3 heteroatoms. The van der Waals surface area contributed by atoms with E-state index in [1.165, 1.54) is 37.1 Å². The maximum absolute atomic E-state index is 12.2. The Morgan fingerprint density at radius 2 is 1.55 bits per heavy atom. The molecule has 0 aliphatic carbocycles. The zero-order valence-electron chi connectivity index (χ0n) is 16.5. The van der Waals surface area contributed by atoms with Crippen molar-refractivity contribution in [1.29, 1.82) is 0 Å². The minimum absolute atomic E-state index is 0.0965. The molecule has 0 saturated heterocycles. The molecule has 3 nitrogen and oxygen atoms in total. The molecule has 0 rings (SSSR count). The first-order valence-electron chi connectivity index (χ1n) is 9.24. The second kappa shape index (κ2) is 9.54. The van der Waals surface area contributed by atoms with Crippen LogP contribution in [0.25, 0.3) is 0 Å². The molecular formula is C19H41N2O+. The molecule has 0 aliphatic heterocycles. The smallest absolute Gasteiger partial charge is 0.223 e. The van der Waals surface area contributed by atoms with Gasteiger partial charge in [0, 0.05) is 12.0 Å². The quantitative estimate of drug-likeness (QED) is 0.601. The van der Waals surface area contributed by atoms with Gasteiger partial charge < -0.3 is 9.80 Å². The van der Waals surface area contributed by atoms with Gasteiger partial charge in [-0.3, -0.25) is 4.79 Å². The van der Waals surface area contributed by atoms with Gasteiger partial charge in [0.1, 0.15) is 0 Å². The summed E-state index contributed by atoms with van der Waals surface area (Å²) in [5, 5.41) is 3.20. The molecule has 0 radical (unpaired) electrons. The Balaban J connectivity index is 4.18. The first kappa shape index (κ1) is 21.4. The van der Waals surface area contributed by atoms with Gasteiger partial charge in [0.15, 0.2) is 0 Å². The number of amides is 1. The van der Waals surface area contributed by atoms with Gasteiger partial charge in [-0.25, -0.2) is 0 Å². The Labute approximate surface area is 139 Å². The van der Waals surface area contributed by atoms with E-state index in [1.54, 1.807) is 0 Å².